The number of rotatable bonds is 7. The smallest absolute Gasteiger partial charge is 0.248 e. The number of guanidine groups is 1. The van der Waals surface area contributed by atoms with Gasteiger partial charge in [-0.25, -0.2) is 4.99 Å². The highest BCUT2D eigenvalue weighted by molar-refractivity contribution is 14.0. The summed E-state index contributed by atoms with van der Waals surface area (Å²) in [5, 5.41) is 6.36. The molecule has 0 spiro atoms. The Bertz CT molecular complexity index is 783. The van der Waals surface area contributed by atoms with E-state index in [2.05, 4.69) is 21.7 Å². The van der Waals surface area contributed by atoms with E-state index in [4.69, 9.17) is 4.74 Å². The van der Waals surface area contributed by atoms with Crippen molar-refractivity contribution in [1.82, 2.24) is 10.6 Å². The zero-order chi connectivity index (χ0) is 18.9. The molecule has 28 heavy (non-hydrogen) atoms. The standard InChI is InChI=1S/C21H26N4O2.HI/c1-2-22-21(23-13-15-27-18-9-4-3-5-10-18)24-16-20(26)25-14-12-17-8-6-7-11-19(17)25;/h3-11H,2,12-16H2,1H3,(H2,22,23,24);1H. The third kappa shape index (κ3) is 6.12. The maximum absolute atomic E-state index is 12.6. The van der Waals surface area contributed by atoms with Gasteiger partial charge in [0.15, 0.2) is 5.96 Å². The van der Waals surface area contributed by atoms with Crippen LogP contribution in [0.4, 0.5) is 5.69 Å². The van der Waals surface area contributed by atoms with Gasteiger partial charge in [-0.3, -0.25) is 4.79 Å². The average Bonchev–Trinajstić information content (AvgIpc) is 3.14. The summed E-state index contributed by atoms with van der Waals surface area (Å²) < 4.78 is 5.66. The molecule has 0 aromatic heterocycles. The molecule has 1 heterocycles. The number of benzene rings is 2. The molecule has 0 bridgehead atoms. The normalized spacial score (nSPS) is 12.8. The summed E-state index contributed by atoms with van der Waals surface area (Å²) in [5.41, 5.74) is 2.23. The highest BCUT2D eigenvalue weighted by Gasteiger charge is 2.23. The number of carbonyl (C=O) groups excluding carboxylic acids is 1. The van der Waals surface area contributed by atoms with Crippen LogP contribution in [0.2, 0.25) is 0 Å². The number of nitrogens with one attached hydrogen (secondary N) is 2. The van der Waals surface area contributed by atoms with Gasteiger partial charge in [0.05, 0.1) is 6.54 Å². The Hall–Kier alpha value is -2.29. The number of hydrogen-bond donors (Lipinski definition) is 2. The fourth-order valence-electron chi connectivity index (χ4n) is 3.03. The monoisotopic (exact) mass is 494 g/mol. The highest BCUT2D eigenvalue weighted by Crippen LogP contribution is 2.27. The summed E-state index contributed by atoms with van der Waals surface area (Å²) in [7, 11) is 0. The molecule has 0 atom stereocenters. The van der Waals surface area contributed by atoms with E-state index >= 15 is 0 Å². The van der Waals surface area contributed by atoms with E-state index in [0.717, 1.165) is 30.9 Å². The van der Waals surface area contributed by atoms with Crippen molar-refractivity contribution in [2.75, 3.05) is 37.7 Å². The number of carbonyl (C=O) groups is 1. The average molecular weight is 494 g/mol. The SMILES string of the molecule is CCNC(=NCC(=O)N1CCc2ccccc21)NCCOc1ccccc1.I. The van der Waals surface area contributed by atoms with Gasteiger partial charge in [-0.1, -0.05) is 36.4 Å². The predicted octanol–water partition coefficient (Wildman–Crippen LogP) is 2.83. The lowest BCUT2D eigenvalue weighted by molar-refractivity contribution is -0.117. The van der Waals surface area contributed by atoms with Crippen molar-refractivity contribution in [3.8, 4) is 5.75 Å². The number of halogens is 1. The largest absolute Gasteiger partial charge is 0.492 e. The van der Waals surface area contributed by atoms with E-state index in [-0.39, 0.29) is 36.4 Å². The van der Waals surface area contributed by atoms with Crippen LogP contribution in [0.3, 0.4) is 0 Å². The summed E-state index contributed by atoms with van der Waals surface area (Å²) >= 11 is 0. The molecule has 0 fully saturated rings. The highest BCUT2D eigenvalue weighted by atomic mass is 127. The van der Waals surface area contributed by atoms with Gasteiger partial charge in [0, 0.05) is 18.8 Å². The molecule has 3 rings (SSSR count). The minimum absolute atomic E-state index is 0. The Morgan fingerprint density at radius 2 is 1.86 bits per heavy atom. The van der Waals surface area contributed by atoms with Crippen molar-refractivity contribution in [3.63, 3.8) is 0 Å². The molecule has 2 aromatic rings. The minimum atomic E-state index is 0. The summed E-state index contributed by atoms with van der Waals surface area (Å²) in [6.07, 6.45) is 0.904. The number of hydrogen-bond acceptors (Lipinski definition) is 3. The number of para-hydroxylation sites is 2. The Morgan fingerprint density at radius 3 is 2.64 bits per heavy atom. The minimum Gasteiger partial charge on any atom is -0.492 e. The lowest BCUT2D eigenvalue weighted by Gasteiger charge is -2.17. The zero-order valence-electron chi connectivity index (χ0n) is 16.1. The predicted molar refractivity (Wildman–Crippen MR) is 124 cm³/mol. The summed E-state index contributed by atoms with van der Waals surface area (Å²) in [6.45, 7) is 4.68. The Morgan fingerprint density at radius 1 is 1.11 bits per heavy atom. The molecule has 0 radical (unpaired) electrons. The molecular weight excluding hydrogens is 467 g/mol. The topological polar surface area (TPSA) is 66.0 Å². The molecular formula is C21H27IN4O2. The number of nitrogens with zero attached hydrogens (tertiary/aromatic N) is 2. The first-order chi connectivity index (χ1) is 13.3. The lowest BCUT2D eigenvalue weighted by Crippen LogP contribution is -2.40. The molecule has 2 N–H and O–H groups in total. The van der Waals surface area contributed by atoms with E-state index in [0.29, 0.717) is 19.1 Å². The van der Waals surface area contributed by atoms with Gasteiger partial charge in [0.25, 0.3) is 0 Å². The van der Waals surface area contributed by atoms with Gasteiger partial charge >= 0.3 is 0 Å². The van der Waals surface area contributed by atoms with Gasteiger partial charge < -0.3 is 20.3 Å². The van der Waals surface area contributed by atoms with Crippen molar-refractivity contribution in [1.29, 1.82) is 0 Å². The molecule has 7 heteroatoms. The fraction of sp³-hybridized carbons (Fsp3) is 0.333. The molecule has 1 aliphatic heterocycles. The van der Waals surface area contributed by atoms with Crippen molar-refractivity contribution in [3.05, 3.63) is 60.2 Å². The van der Waals surface area contributed by atoms with Crippen LogP contribution in [-0.4, -0.2) is 44.7 Å². The van der Waals surface area contributed by atoms with Crippen LogP contribution in [0.5, 0.6) is 5.75 Å². The second-order valence-corrected chi connectivity index (χ2v) is 6.21. The Labute approximate surface area is 183 Å². The number of ether oxygens (including phenoxy) is 1. The van der Waals surface area contributed by atoms with Crippen LogP contribution in [0.15, 0.2) is 59.6 Å². The maximum Gasteiger partial charge on any atom is 0.248 e. The van der Waals surface area contributed by atoms with E-state index < -0.39 is 0 Å². The van der Waals surface area contributed by atoms with Crippen LogP contribution >= 0.6 is 24.0 Å². The Balaban J connectivity index is 0.00000280. The first kappa shape index (κ1) is 22.0. The molecule has 0 unspecified atom stereocenters. The van der Waals surface area contributed by atoms with Gasteiger partial charge in [0.1, 0.15) is 18.9 Å². The molecule has 0 aliphatic carbocycles. The van der Waals surface area contributed by atoms with E-state index in [1.807, 2.05) is 60.4 Å². The van der Waals surface area contributed by atoms with Crippen LogP contribution in [0.1, 0.15) is 12.5 Å². The zero-order valence-corrected chi connectivity index (χ0v) is 18.4. The van der Waals surface area contributed by atoms with Gasteiger partial charge in [-0.2, -0.15) is 0 Å². The number of anilines is 1. The number of amides is 1. The maximum atomic E-state index is 12.6. The molecule has 0 saturated carbocycles. The number of aliphatic imine (C=N–C) groups is 1. The van der Waals surface area contributed by atoms with Crippen molar-refractivity contribution in [2.24, 2.45) is 4.99 Å². The second-order valence-electron chi connectivity index (χ2n) is 6.21. The lowest BCUT2D eigenvalue weighted by atomic mass is 10.2. The molecule has 2 aromatic carbocycles. The van der Waals surface area contributed by atoms with Crippen LogP contribution in [0, 0.1) is 0 Å². The Kier molecular flexibility index (Phi) is 9.06. The fourth-order valence-corrected chi connectivity index (χ4v) is 3.03. The molecule has 0 saturated heterocycles. The van der Waals surface area contributed by atoms with Gasteiger partial charge in [0.2, 0.25) is 5.91 Å². The van der Waals surface area contributed by atoms with Crippen molar-refractivity contribution < 1.29 is 9.53 Å². The summed E-state index contributed by atoms with van der Waals surface area (Å²) in [4.78, 5) is 18.8. The quantitative estimate of drug-likeness (QED) is 0.269. The first-order valence-corrected chi connectivity index (χ1v) is 9.36. The summed E-state index contributed by atoms with van der Waals surface area (Å²) in [6, 6.07) is 17.7. The van der Waals surface area contributed by atoms with Crippen LogP contribution in [-0.2, 0) is 11.2 Å². The van der Waals surface area contributed by atoms with Gasteiger partial charge in [-0.05, 0) is 37.1 Å². The molecule has 150 valence electrons. The van der Waals surface area contributed by atoms with Gasteiger partial charge in [-0.15, -0.1) is 24.0 Å². The van der Waals surface area contributed by atoms with Crippen LogP contribution < -0.4 is 20.3 Å². The summed E-state index contributed by atoms with van der Waals surface area (Å²) in [5.74, 6) is 1.47. The molecule has 1 amide bonds. The van der Waals surface area contributed by atoms with E-state index in [1.165, 1.54) is 5.56 Å². The molecule has 6 nitrogen and oxygen atoms in total. The van der Waals surface area contributed by atoms with E-state index in [1.54, 1.807) is 0 Å². The van der Waals surface area contributed by atoms with Crippen molar-refractivity contribution >= 4 is 41.5 Å². The van der Waals surface area contributed by atoms with E-state index in [9.17, 15) is 4.79 Å². The second kappa shape index (κ2) is 11.5. The number of fused-ring (bicyclic) bond motifs is 1. The van der Waals surface area contributed by atoms with Crippen molar-refractivity contribution in [2.45, 2.75) is 13.3 Å². The third-order valence-corrected chi connectivity index (χ3v) is 4.31. The molecule has 1 aliphatic rings. The van der Waals surface area contributed by atoms with Crippen LogP contribution in [0.25, 0.3) is 0 Å². The first-order valence-electron chi connectivity index (χ1n) is 9.36. The third-order valence-electron chi connectivity index (χ3n) is 4.31.